The molecule has 0 bridgehead atoms. The van der Waals surface area contributed by atoms with Crippen LogP contribution in [0.25, 0.3) is 10.9 Å². The van der Waals surface area contributed by atoms with Gasteiger partial charge in [0, 0.05) is 16.8 Å². The van der Waals surface area contributed by atoms with Crippen LogP contribution in [0.15, 0.2) is 18.2 Å². The van der Waals surface area contributed by atoms with Gasteiger partial charge >= 0.3 is 0 Å². The van der Waals surface area contributed by atoms with Gasteiger partial charge in [0.15, 0.2) is 0 Å². The Kier molecular flexibility index (Phi) is 2.08. The van der Waals surface area contributed by atoms with Crippen LogP contribution in [0.2, 0.25) is 5.02 Å². The number of para-hydroxylation sites is 1. The number of aromatic nitrogens is 1. The smallest absolute Gasteiger partial charge is 0.0912 e. The number of nitrogens with zero attached hydrogens (tertiary/aromatic N) is 1. The summed E-state index contributed by atoms with van der Waals surface area (Å²) in [6.45, 7) is 3.91. The van der Waals surface area contributed by atoms with Gasteiger partial charge in [-0.1, -0.05) is 23.7 Å². The zero-order valence-electron chi connectivity index (χ0n) is 8.13. The highest BCUT2D eigenvalue weighted by Gasteiger charge is 2.07. The second-order valence-electron chi connectivity index (χ2n) is 3.37. The quantitative estimate of drug-likeness (QED) is 0.720. The molecular formula is C11H11ClN2. The van der Waals surface area contributed by atoms with Gasteiger partial charge in [0.2, 0.25) is 0 Å². The Balaban J connectivity index is 2.98. The summed E-state index contributed by atoms with van der Waals surface area (Å²) in [7, 11) is 0. The number of nitrogens with two attached hydrogens (primary N) is 1. The van der Waals surface area contributed by atoms with Crippen LogP contribution in [0.3, 0.4) is 0 Å². The molecule has 2 nitrogen and oxygen atoms in total. The molecule has 0 aliphatic carbocycles. The van der Waals surface area contributed by atoms with Crippen molar-refractivity contribution in [2.45, 2.75) is 13.8 Å². The van der Waals surface area contributed by atoms with E-state index in [1.807, 2.05) is 32.0 Å². The summed E-state index contributed by atoms with van der Waals surface area (Å²) in [4.78, 5) is 4.42. The first kappa shape index (κ1) is 9.28. The number of fused-ring (bicyclic) bond motifs is 1. The van der Waals surface area contributed by atoms with Crippen molar-refractivity contribution in [3.8, 4) is 0 Å². The predicted octanol–water partition coefficient (Wildman–Crippen LogP) is 3.09. The lowest BCUT2D eigenvalue weighted by Gasteiger charge is -2.08. The molecule has 3 heteroatoms. The largest absolute Gasteiger partial charge is 0.398 e. The number of anilines is 1. The standard InChI is InChI=1S/C11H11ClN2/c1-6-7(2)14-11-8(10(6)13)4-3-5-9(11)12/h3-5H,1-2H3,(H2,13,14). The third-order valence-corrected chi connectivity index (χ3v) is 2.81. The monoisotopic (exact) mass is 206 g/mol. The maximum Gasteiger partial charge on any atom is 0.0912 e. The number of nitrogen functional groups attached to an aromatic ring is 1. The van der Waals surface area contributed by atoms with Crippen LogP contribution in [0.1, 0.15) is 11.3 Å². The summed E-state index contributed by atoms with van der Waals surface area (Å²) in [5.74, 6) is 0. The van der Waals surface area contributed by atoms with Gasteiger partial charge < -0.3 is 5.73 Å². The van der Waals surface area contributed by atoms with Gasteiger partial charge in [-0.3, -0.25) is 4.98 Å². The normalized spacial score (nSPS) is 10.8. The van der Waals surface area contributed by atoms with Gasteiger partial charge in [-0.15, -0.1) is 0 Å². The molecule has 2 aromatic rings. The number of hydrogen-bond acceptors (Lipinski definition) is 2. The van der Waals surface area contributed by atoms with Crippen LogP contribution < -0.4 is 5.73 Å². The fourth-order valence-corrected chi connectivity index (χ4v) is 1.71. The minimum absolute atomic E-state index is 0.650. The molecule has 0 fully saturated rings. The van der Waals surface area contributed by atoms with E-state index in [4.69, 9.17) is 17.3 Å². The number of pyridine rings is 1. The topological polar surface area (TPSA) is 38.9 Å². The van der Waals surface area contributed by atoms with Crippen molar-refractivity contribution >= 4 is 28.2 Å². The van der Waals surface area contributed by atoms with Gasteiger partial charge in [-0.05, 0) is 25.5 Å². The number of halogens is 1. The van der Waals surface area contributed by atoms with E-state index in [1.165, 1.54) is 0 Å². The number of hydrogen-bond donors (Lipinski definition) is 1. The molecule has 2 rings (SSSR count). The molecule has 0 radical (unpaired) electrons. The molecule has 1 aromatic heterocycles. The minimum Gasteiger partial charge on any atom is -0.398 e. The summed E-state index contributed by atoms with van der Waals surface area (Å²) in [5.41, 5.74) is 9.51. The van der Waals surface area contributed by atoms with Gasteiger partial charge in [0.05, 0.1) is 10.5 Å². The molecule has 1 heterocycles. The highest BCUT2D eigenvalue weighted by Crippen LogP contribution is 2.29. The summed E-state index contributed by atoms with van der Waals surface area (Å²) in [6, 6.07) is 5.65. The van der Waals surface area contributed by atoms with Crippen molar-refractivity contribution in [1.82, 2.24) is 4.98 Å². The van der Waals surface area contributed by atoms with E-state index in [0.717, 1.165) is 27.8 Å². The number of rotatable bonds is 0. The Hall–Kier alpha value is -1.28. The lowest BCUT2D eigenvalue weighted by atomic mass is 10.1. The average Bonchev–Trinajstić information content (AvgIpc) is 2.17. The second-order valence-corrected chi connectivity index (χ2v) is 3.78. The fraction of sp³-hybridized carbons (Fsp3) is 0.182. The van der Waals surface area contributed by atoms with E-state index in [9.17, 15) is 0 Å². The third kappa shape index (κ3) is 1.23. The number of aryl methyl sites for hydroxylation is 1. The third-order valence-electron chi connectivity index (χ3n) is 2.50. The lowest BCUT2D eigenvalue weighted by Crippen LogP contribution is -1.97. The van der Waals surface area contributed by atoms with Crippen LogP contribution in [-0.2, 0) is 0 Å². The zero-order valence-corrected chi connectivity index (χ0v) is 8.89. The highest BCUT2D eigenvalue weighted by atomic mass is 35.5. The van der Waals surface area contributed by atoms with E-state index >= 15 is 0 Å². The van der Waals surface area contributed by atoms with E-state index in [-0.39, 0.29) is 0 Å². The second kappa shape index (κ2) is 3.14. The molecule has 0 atom stereocenters. The highest BCUT2D eigenvalue weighted by molar-refractivity contribution is 6.35. The molecular weight excluding hydrogens is 196 g/mol. The lowest BCUT2D eigenvalue weighted by molar-refractivity contribution is 1.20. The molecule has 1 aromatic carbocycles. The molecule has 2 N–H and O–H groups in total. The summed E-state index contributed by atoms with van der Waals surface area (Å²) < 4.78 is 0. The molecule has 14 heavy (non-hydrogen) atoms. The van der Waals surface area contributed by atoms with Gasteiger partial charge in [0.25, 0.3) is 0 Å². The number of benzene rings is 1. The van der Waals surface area contributed by atoms with Gasteiger partial charge in [-0.2, -0.15) is 0 Å². The van der Waals surface area contributed by atoms with Crippen molar-refractivity contribution in [3.05, 3.63) is 34.5 Å². The van der Waals surface area contributed by atoms with E-state index in [2.05, 4.69) is 4.98 Å². The van der Waals surface area contributed by atoms with Crippen molar-refractivity contribution < 1.29 is 0 Å². The maximum absolute atomic E-state index is 6.04. The first-order valence-corrected chi connectivity index (χ1v) is 4.80. The van der Waals surface area contributed by atoms with Crippen molar-refractivity contribution in [3.63, 3.8) is 0 Å². The van der Waals surface area contributed by atoms with E-state index < -0.39 is 0 Å². The molecule has 0 amide bonds. The maximum atomic E-state index is 6.04. The molecule has 72 valence electrons. The Morgan fingerprint density at radius 2 is 2.00 bits per heavy atom. The predicted molar refractivity (Wildman–Crippen MR) is 60.6 cm³/mol. The zero-order chi connectivity index (χ0) is 10.3. The Labute approximate surface area is 87.7 Å². The van der Waals surface area contributed by atoms with Crippen LogP contribution in [0.5, 0.6) is 0 Å². The minimum atomic E-state index is 0.650. The van der Waals surface area contributed by atoms with Crippen LogP contribution >= 0.6 is 11.6 Å². The van der Waals surface area contributed by atoms with E-state index in [0.29, 0.717) is 5.02 Å². The summed E-state index contributed by atoms with van der Waals surface area (Å²) in [5, 5.41) is 1.58. The van der Waals surface area contributed by atoms with E-state index in [1.54, 1.807) is 0 Å². The van der Waals surface area contributed by atoms with Gasteiger partial charge in [0.1, 0.15) is 0 Å². The van der Waals surface area contributed by atoms with Crippen LogP contribution in [0, 0.1) is 13.8 Å². The van der Waals surface area contributed by atoms with Crippen LogP contribution in [-0.4, -0.2) is 4.98 Å². The molecule has 0 aliphatic heterocycles. The molecule has 0 spiro atoms. The Morgan fingerprint density at radius 1 is 1.29 bits per heavy atom. The van der Waals surface area contributed by atoms with Gasteiger partial charge in [-0.25, -0.2) is 0 Å². The molecule has 0 saturated carbocycles. The average molecular weight is 207 g/mol. The Morgan fingerprint density at radius 3 is 2.71 bits per heavy atom. The molecule has 0 unspecified atom stereocenters. The van der Waals surface area contributed by atoms with Crippen molar-refractivity contribution in [2.24, 2.45) is 0 Å². The first-order chi connectivity index (χ1) is 6.61. The molecule has 0 saturated heterocycles. The van der Waals surface area contributed by atoms with Crippen molar-refractivity contribution in [1.29, 1.82) is 0 Å². The van der Waals surface area contributed by atoms with Crippen molar-refractivity contribution in [2.75, 3.05) is 5.73 Å². The Bertz CT molecular complexity index is 506. The molecule has 0 aliphatic rings. The summed E-state index contributed by atoms with van der Waals surface area (Å²) in [6.07, 6.45) is 0. The summed E-state index contributed by atoms with van der Waals surface area (Å²) >= 11 is 6.04. The SMILES string of the molecule is Cc1nc2c(Cl)cccc2c(N)c1C. The fourth-order valence-electron chi connectivity index (χ4n) is 1.49. The van der Waals surface area contributed by atoms with Crippen LogP contribution in [0.4, 0.5) is 5.69 Å². The first-order valence-electron chi connectivity index (χ1n) is 4.42.